The van der Waals surface area contributed by atoms with E-state index in [1.54, 1.807) is 0 Å². The predicted octanol–water partition coefficient (Wildman–Crippen LogP) is 2.73. The Morgan fingerprint density at radius 3 is 2.83 bits per heavy atom. The zero-order chi connectivity index (χ0) is 15.9. The van der Waals surface area contributed by atoms with Gasteiger partial charge < -0.3 is 4.90 Å². The SMILES string of the molecule is c1ccc(CN2C3CCC2c2cnc(N4CCCC4)nc2C3)nc1. The van der Waals surface area contributed by atoms with Crippen LogP contribution in [0.25, 0.3) is 0 Å². The minimum atomic E-state index is 0.466. The molecule has 5 heterocycles. The van der Waals surface area contributed by atoms with Gasteiger partial charge in [-0.3, -0.25) is 9.88 Å². The van der Waals surface area contributed by atoms with Crippen LogP contribution in [0.3, 0.4) is 0 Å². The van der Waals surface area contributed by atoms with Crippen LogP contribution < -0.4 is 4.90 Å². The van der Waals surface area contributed by atoms with Crippen LogP contribution in [0.1, 0.15) is 48.7 Å². The molecule has 2 fully saturated rings. The molecule has 5 rings (SSSR count). The van der Waals surface area contributed by atoms with Gasteiger partial charge in [0.25, 0.3) is 0 Å². The predicted molar refractivity (Wildman–Crippen MR) is 92.7 cm³/mol. The highest BCUT2D eigenvalue weighted by Crippen LogP contribution is 2.43. The summed E-state index contributed by atoms with van der Waals surface area (Å²) in [6.45, 7) is 3.15. The second-order valence-corrected chi connectivity index (χ2v) is 7.21. The van der Waals surface area contributed by atoms with Crippen molar-refractivity contribution < 1.29 is 0 Å². The van der Waals surface area contributed by atoms with Crippen molar-refractivity contribution in [2.45, 2.75) is 50.7 Å². The molecule has 124 valence electrons. The number of pyridine rings is 1. The Labute approximate surface area is 142 Å². The number of aromatic nitrogens is 3. The quantitative estimate of drug-likeness (QED) is 0.870. The van der Waals surface area contributed by atoms with Crippen LogP contribution in [0.5, 0.6) is 0 Å². The van der Waals surface area contributed by atoms with Crippen molar-refractivity contribution in [3.8, 4) is 0 Å². The lowest BCUT2D eigenvalue weighted by Gasteiger charge is -2.35. The van der Waals surface area contributed by atoms with Gasteiger partial charge in [0, 0.05) is 56.1 Å². The highest BCUT2D eigenvalue weighted by Gasteiger charge is 2.41. The van der Waals surface area contributed by atoms with E-state index >= 15 is 0 Å². The molecule has 24 heavy (non-hydrogen) atoms. The van der Waals surface area contributed by atoms with Crippen molar-refractivity contribution in [3.63, 3.8) is 0 Å². The molecule has 0 spiro atoms. The Morgan fingerprint density at radius 1 is 1.08 bits per heavy atom. The summed E-state index contributed by atoms with van der Waals surface area (Å²) in [5.74, 6) is 0.948. The first-order valence-electron chi connectivity index (χ1n) is 9.15. The second-order valence-electron chi connectivity index (χ2n) is 7.21. The zero-order valence-electron chi connectivity index (χ0n) is 13.9. The first-order valence-corrected chi connectivity index (χ1v) is 9.15. The van der Waals surface area contributed by atoms with Gasteiger partial charge in [0.1, 0.15) is 0 Å². The smallest absolute Gasteiger partial charge is 0.225 e. The molecule has 2 unspecified atom stereocenters. The molecule has 0 aliphatic carbocycles. The van der Waals surface area contributed by atoms with E-state index in [-0.39, 0.29) is 0 Å². The zero-order valence-corrected chi connectivity index (χ0v) is 13.9. The summed E-state index contributed by atoms with van der Waals surface area (Å²) < 4.78 is 0. The Morgan fingerprint density at radius 2 is 2.00 bits per heavy atom. The third-order valence-corrected chi connectivity index (χ3v) is 5.78. The molecule has 2 bridgehead atoms. The van der Waals surface area contributed by atoms with Crippen LogP contribution in [0, 0.1) is 0 Å². The summed E-state index contributed by atoms with van der Waals surface area (Å²) in [4.78, 5) is 19.1. The maximum absolute atomic E-state index is 4.95. The van der Waals surface area contributed by atoms with Gasteiger partial charge in [0.05, 0.1) is 11.4 Å². The third-order valence-electron chi connectivity index (χ3n) is 5.78. The van der Waals surface area contributed by atoms with E-state index < -0.39 is 0 Å². The van der Waals surface area contributed by atoms with Gasteiger partial charge in [0.15, 0.2) is 0 Å². The fraction of sp³-hybridized carbons (Fsp3) is 0.526. The summed E-state index contributed by atoms with van der Waals surface area (Å²) in [7, 11) is 0. The molecule has 5 heteroatoms. The molecule has 5 nitrogen and oxygen atoms in total. The third kappa shape index (κ3) is 2.38. The number of fused-ring (bicyclic) bond motifs is 4. The van der Waals surface area contributed by atoms with E-state index in [0.717, 1.165) is 37.7 Å². The van der Waals surface area contributed by atoms with E-state index in [4.69, 9.17) is 9.97 Å². The number of hydrogen-bond donors (Lipinski definition) is 0. The summed E-state index contributed by atoms with van der Waals surface area (Å²) in [5.41, 5.74) is 3.80. The fourth-order valence-electron chi connectivity index (χ4n) is 4.56. The Balaban J connectivity index is 1.42. The van der Waals surface area contributed by atoms with E-state index in [9.17, 15) is 0 Å². The lowest BCUT2D eigenvalue weighted by molar-refractivity contribution is 0.164. The van der Waals surface area contributed by atoms with Crippen molar-refractivity contribution in [3.05, 3.63) is 47.5 Å². The van der Waals surface area contributed by atoms with Crippen molar-refractivity contribution >= 4 is 5.95 Å². The van der Waals surface area contributed by atoms with Crippen molar-refractivity contribution in [2.24, 2.45) is 0 Å². The molecule has 3 aliphatic rings. The van der Waals surface area contributed by atoms with E-state index in [1.807, 2.05) is 12.3 Å². The first kappa shape index (κ1) is 14.3. The number of hydrogen-bond acceptors (Lipinski definition) is 5. The Bertz CT molecular complexity index is 726. The van der Waals surface area contributed by atoms with Crippen molar-refractivity contribution in [1.29, 1.82) is 0 Å². The highest BCUT2D eigenvalue weighted by molar-refractivity contribution is 5.38. The normalized spacial score (nSPS) is 25.9. The Kier molecular flexibility index (Phi) is 3.47. The standard InChI is InChI=1S/C19H23N5/c1-2-8-20-14(5-1)13-24-15-6-7-18(24)16-12-21-19(22-17(16)11-15)23-9-3-4-10-23/h1-2,5,8,12,15,18H,3-4,6-7,9-11,13H2. The summed E-state index contributed by atoms with van der Waals surface area (Å²) in [6, 6.07) is 7.26. The lowest BCUT2D eigenvalue weighted by Crippen LogP contribution is -2.38. The van der Waals surface area contributed by atoms with Crippen LogP contribution in [0.15, 0.2) is 30.6 Å². The van der Waals surface area contributed by atoms with Gasteiger partial charge in [-0.2, -0.15) is 0 Å². The lowest BCUT2D eigenvalue weighted by atomic mass is 9.99. The molecule has 0 aromatic carbocycles. The van der Waals surface area contributed by atoms with E-state index in [0.29, 0.717) is 12.1 Å². The number of rotatable bonds is 3. The number of anilines is 1. The van der Waals surface area contributed by atoms with Crippen LogP contribution >= 0.6 is 0 Å². The van der Waals surface area contributed by atoms with Gasteiger partial charge in [0.2, 0.25) is 5.95 Å². The molecule has 0 N–H and O–H groups in total. The van der Waals surface area contributed by atoms with Crippen molar-refractivity contribution in [1.82, 2.24) is 19.9 Å². The maximum Gasteiger partial charge on any atom is 0.225 e. The average Bonchev–Trinajstić information content (AvgIpc) is 3.24. The van der Waals surface area contributed by atoms with Crippen LogP contribution in [-0.2, 0) is 13.0 Å². The second kappa shape index (κ2) is 5.81. The minimum absolute atomic E-state index is 0.466. The summed E-state index contributed by atoms with van der Waals surface area (Å²) in [6.07, 6.45) is 10.1. The molecular weight excluding hydrogens is 298 g/mol. The van der Waals surface area contributed by atoms with Crippen molar-refractivity contribution in [2.75, 3.05) is 18.0 Å². The summed E-state index contributed by atoms with van der Waals surface area (Å²) >= 11 is 0. The molecule has 2 saturated heterocycles. The minimum Gasteiger partial charge on any atom is -0.341 e. The average molecular weight is 321 g/mol. The molecule has 0 radical (unpaired) electrons. The highest BCUT2D eigenvalue weighted by atomic mass is 15.3. The molecule has 0 amide bonds. The van der Waals surface area contributed by atoms with Crippen LogP contribution in [0.4, 0.5) is 5.95 Å². The molecule has 3 aliphatic heterocycles. The largest absolute Gasteiger partial charge is 0.341 e. The molecule has 2 aromatic rings. The number of nitrogens with zero attached hydrogens (tertiary/aromatic N) is 5. The van der Waals surface area contributed by atoms with Gasteiger partial charge in [-0.15, -0.1) is 0 Å². The molecule has 2 atom stereocenters. The maximum atomic E-state index is 4.95. The fourth-order valence-corrected chi connectivity index (χ4v) is 4.56. The van der Waals surface area contributed by atoms with Gasteiger partial charge in [-0.05, 0) is 37.8 Å². The topological polar surface area (TPSA) is 45.2 Å². The Hall–Kier alpha value is -2.01. The van der Waals surface area contributed by atoms with Crippen LogP contribution in [0.2, 0.25) is 0 Å². The monoisotopic (exact) mass is 321 g/mol. The van der Waals surface area contributed by atoms with Crippen LogP contribution in [-0.4, -0.2) is 39.0 Å². The van der Waals surface area contributed by atoms with Gasteiger partial charge >= 0.3 is 0 Å². The first-order chi connectivity index (χ1) is 11.9. The molecule has 2 aromatic heterocycles. The van der Waals surface area contributed by atoms with Gasteiger partial charge in [-0.1, -0.05) is 6.07 Å². The molecular formula is C19H23N5. The van der Waals surface area contributed by atoms with Gasteiger partial charge in [-0.25, -0.2) is 9.97 Å². The van der Waals surface area contributed by atoms with E-state index in [1.165, 1.54) is 36.9 Å². The van der Waals surface area contributed by atoms with E-state index in [2.05, 4.69) is 33.1 Å². The summed E-state index contributed by atoms with van der Waals surface area (Å²) in [5, 5.41) is 0. The molecule has 0 saturated carbocycles.